The molecule has 0 radical (unpaired) electrons. The van der Waals surface area contributed by atoms with E-state index in [2.05, 4.69) is 17.0 Å². The Bertz CT molecular complexity index is 798. The summed E-state index contributed by atoms with van der Waals surface area (Å²) in [5.41, 5.74) is 2.31. The standard InChI is InChI=1S/C18H24N2O3S/c1-15-8-9-18(23-15)17-7-4-3-6-16(17)14-19-10-5-11-20(13-12-19)24(2,21)22/h3-4,6-9H,5,10-14H2,1-2H3. The molecule has 2 aromatic rings. The highest BCUT2D eigenvalue weighted by Crippen LogP contribution is 2.27. The minimum atomic E-state index is -3.10. The molecule has 3 rings (SSSR count). The molecule has 0 spiro atoms. The molecule has 130 valence electrons. The Hall–Kier alpha value is -1.63. The van der Waals surface area contributed by atoms with E-state index in [-0.39, 0.29) is 0 Å². The molecule has 0 amide bonds. The zero-order valence-electron chi connectivity index (χ0n) is 14.2. The Morgan fingerprint density at radius 1 is 1.04 bits per heavy atom. The summed E-state index contributed by atoms with van der Waals surface area (Å²) in [6, 6.07) is 12.2. The van der Waals surface area contributed by atoms with Crippen LogP contribution in [0.3, 0.4) is 0 Å². The molecule has 1 saturated heterocycles. The lowest BCUT2D eigenvalue weighted by atomic mass is 10.0. The maximum Gasteiger partial charge on any atom is 0.211 e. The number of hydrogen-bond donors (Lipinski definition) is 0. The van der Waals surface area contributed by atoms with Gasteiger partial charge in [-0.15, -0.1) is 0 Å². The zero-order chi connectivity index (χ0) is 17.2. The lowest BCUT2D eigenvalue weighted by Crippen LogP contribution is -2.34. The molecule has 1 aromatic heterocycles. The van der Waals surface area contributed by atoms with Gasteiger partial charge in [-0.3, -0.25) is 4.90 Å². The van der Waals surface area contributed by atoms with Crippen molar-refractivity contribution in [2.24, 2.45) is 0 Å². The van der Waals surface area contributed by atoms with Gasteiger partial charge in [0.25, 0.3) is 0 Å². The van der Waals surface area contributed by atoms with E-state index in [0.29, 0.717) is 13.1 Å². The lowest BCUT2D eigenvalue weighted by molar-refractivity contribution is 0.279. The molecule has 0 atom stereocenters. The first-order chi connectivity index (χ1) is 11.4. The fraction of sp³-hybridized carbons (Fsp3) is 0.444. The average Bonchev–Trinajstić information content (AvgIpc) is 2.81. The summed E-state index contributed by atoms with van der Waals surface area (Å²) in [6.45, 7) is 5.56. The predicted molar refractivity (Wildman–Crippen MR) is 95.2 cm³/mol. The Balaban J connectivity index is 1.75. The quantitative estimate of drug-likeness (QED) is 0.852. The second-order valence-corrected chi connectivity index (χ2v) is 8.34. The highest BCUT2D eigenvalue weighted by molar-refractivity contribution is 7.88. The molecule has 0 N–H and O–H groups in total. The SMILES string of the molecule is Cc1ccc(-c2ccccc2CN2CCCN(S(C)(=O)=O)CC2)o1. The van der Waals surface area contributed by atoms with Gasteiger partial charge in [0.1, 0.15) is 11.5 Å². The summed E-state index contributed by atoms with van der Waals surface area (Å²) in [5.74, 6) is 1.79. The molecule has 1 aliphatic rings. The number of aryl methyl sites for hydroxylation is 1. The number of nitrogens with zero attached hydrogens (tertiary/aromatic N) is 2. The van der Waals surface area contributed by atoms with E-state index < -0.39 is 10.0 Å². The monoisotopic (exact) mass is 348 g/mol. The molecule has 0 bridgehead atoms. The van der Waals surface area contributed by atoms with E-state index in [1.165, 1.54) is 11.8 Å². The molecule has 1 aromatic carbocycles. The van der Waals surface area contributed by atoms with Crippen LogP contribution in [-0.2, 0) is 16.6 Å². The molecule has 1 fully saturated rings. The third-order valence-corrected chi connectivity index (χ3v) is 5.74. The fourth-order valence-electron chi connectivity index (χ4n) is 3.16. The molecule has 24 heavy (non-hydrogen) atoms. The predicted octanol–water partition coefficient (Wildman–Crippen LogP) is 2.72. The summed E-state index contributed by atoms with van der Waals surface area (Å²) in [6.07, 6.45) is 2.15. The van der Waals surface area contributed by atoms with Gasteiger partial charge in [-0.1, -0.05) is 24.3 Å². The number of rotatable bonds is 4. The van der Waals surface area contributed by atoms with Crippen molar-refractivity contribution in [1.82, 2.24) is 9.21 Å². The Morgan fingerprint density at radius 3 is 2.54 bits per heavy atom. The van der Waals surface area contributed by atoms with Crippen LogP contribution < -0.4 is 0 Å². The van der Waals surface area contributed by atoms with Crippen molar-refractivity contribution in [1.29, 1.82) is 0 Å². The van der Waals surface area contributed by atoms with Crippen LogP contribution in [0.5, 0.6) is 0 Å². The molecule has 5 nitrogen and oxygen atoms in total. The first-order valence-electron chi connectivity index (χ1n) is 8.26. The average molecular weight is 348 g/mol. The van der Waals surface area contributed by atoms with Gasteiger partial charge in [0.2, 0.25) is 10.0 Å². The molecular weight excluding hydrogens is 324 g/mol. The van der Waals surface area contributed by atoms with Crippen molar-refractivity contribution < 1.29 is 12.8 Å². The van der Waals surface area contributed by atoms with Crippen LogP contribution in [0.4, 0.5) is 0 Å². The van der Waals surface area contributed by atoms with Crippen LogP contribution >= 0.6 is 0 Å². The van der Waals surface area contributed by atoms with Crippen molar-refractivity contribution in [3.8, 4) is 11.3 Å². The maximum atomic E-state index is 11.7. The van der Waals surface area contributed by atoms with Gasteiger partial charge in [-0.2, -0.15) is 0 Å². The highest BCUT2D eigenvalue weighted by Gasteiger charge is 2.22. The van der Waals surface area contributed by atoms with Crippen LogP contribution in [-0.4, -0.2) is 50.1 Å². The van der Waals surface area contributed by atoms with Gasteiger partial charge < -0.3 is 4.42 Å². The summed E-state index contributed by atoms with van der Waals surface area (Å²) < 4.78 is 30.8. The summed E-state index contributed by atoms with van der Waals surface area (Å²) in [4.78, 5) is 2.32. The van der Waals surface area contributed by atoms with Crippen LogP contribution in [0, 0.1) is 6.92 Å². The highest BCUT2D eigenvalue weighted by atomic mass is 32.2. The van der Waals surface area contributed by atoms with E-state index >= 15 is 0 Å². The van der Waals surface area contributed by atoms with E-state index in [4.69, 9.17) is 4.42 Å². The van der Waals surface area contributed by atoms with Crippen LogP contribution in [0.1, 0.15) is 17.7 Å². The Kier molecular flexibility index (Phi) is 5.08. The number of hydrogen-bond acceptors (Lipinski definition) is 4. The molecule has 0 unspecified atom stereocenters. The molecule has 6 heteroatoms. The van der Waals surface area contributed by atoms with E-state index in [9.17, 15) is 8.42 Å². The van der Waals surface area contributed by atoms with Gasteiger partial charge in [0.05, 0.1) is 6.26 Å². The topological polar surface area (TPSA) is 53.8 Å². The second-order valence-electron chi connectivity index (χ2n) is 6.36. The molecular formula is C18H24N2O3S. The Labute approximate surface area is 143 Å². The fourth-order valence-corrected chi connectivity index (χ4v) is 4.03. The van der Waals surface area contributed by atoms with Gasteiger partial charge >= 0.3 is 0 Å². The van der Waals surface area contributed by atoms with Gasteiger partial charge in [-0.05, 0) is 37.6 Å². The van der Waals surface area contributed by atoms with Crippen molar-refractivity contribution in [3.63, 3.8) is 0 Å². The first kappa shape index (κ1) is 17.2. The third-order valence-electron chi connectivity index (χ3n) is 4.43. The molecule has 0 aliphatic carbocycles. The van der Waals surface area contributed by atoms with Crippen LogP contribution in [0.15, 0.2) is 40.8 Å². The minimum Gasteiger partial charge on any atom is -0.461 e. The second kappa shape index (κ2) is 7.09. The van der Waals surface area contributed by atoms with Crippen LogP contribution in [0.2, 0.25) is 0 Å². The van der Waals surface area contributed by atoms with E-state index in [1.807, 2.05) is 31.2 Å². The summed E-state index contributed by atoms with van der Waals surface area (Å²) in [5, 5.41) is 0. The third kappa shape index (κ3) is 4.06. The van der Waals surface area contributed by atoms with Crippen molar-refractivity contribution in [2.45, 2.75) is 19.9 Å². The number of sulfonamides is 1. The van der Waals surface area contributed by atoms with Gasteiger partial charge in [-0.25, -0.2) is 12.7 Å². The molecule has 0 saturated carbocycles. The largest absolute Gasteiger partial charge is 0.461 e. The number of benzene rings is 1. The summed E-state index contributed by atoms with van der Waals surface area (Å²) in [7, 11) is -3.10. The van der Waals surface area contributed by atoms with Crippen LogP contribution in [0.25, 0.3) is 11.3 Å². The minimum absolute atomic E-state index is 0.556. The normalized spacial score (nSPS) is 17.8. The zero-order valence-corrected chi connectivity index (χ0v) is 15.1. The van der Waals surface area contributed by atoms with Crippen molar-refractivity contribution >= 4 is 10.0 Å². The Morgan fingerprint density at radius 2 is 1.83 bits per heavy atom. The van der Waals surface area contributed by atoms with E-state index in [1.54, 1.807) is 4.31 Å². The first-order valence-corrected chi connectivity index (χ1v) is 10.1. The molecule has 1 aliphatic heterocycles. The van der Waals surface area contributed by atoms with Crippen molar-refractivity contribution in [3.05, 3.63) is 47.7 Å². The van der Waals surface area contributed by atoms with E-state index in [0.717, 1.165) is 43.1 Å². The lowest BCUT2D eigenvalue weighted by Gasteiger charge is -2.21. The van der Waals surface area contributed by atoms with Crippen molar-refractivity contribution in [2.75, 3.05) is 32.4 Å². The molecule has 2 heterocycles. The smallest absolute Gasteiger partial charge is 0.211 e. The van der Waals surface area contributed by atoms with Gasteiger partial charge in [0, 0.05) is 31.7 Å². The summed E-state index contributed by atoms with van der Waals surface area (Å²) >= 11 is 0. The number of furan rings is 1. The van der Waals surface area contributed by atoms with Gasteiger partial charge in [0.15, 0.2) is 0 Å². The maximum absolute atomic E-state index is 11.7.